The first-order chi connectivity index (χ1) is 10.9. The predicted molar refractivity (Wildman–Crippen MR) is 88.6 cm³/mol. The van der Waals surface area contributed by atoms with Crippen LogP contribution in [0.5, 0.6) is 5.88 Å². The Bertz CT molecular complexity index is 779. The van der Waals surface area contributed by atoms with Crippen molar-refractivity contribution in [3.8, 4) is 17.7 Å². The monoisotopic (exact) mass is 328 g/mol. The summed E-state index contributed by atoms with van der Waals surface area (Å²) in [6.07, 6.45) is 4.88. The minimum atomic E-state index is -0.947. The van der Waals surface area contributed by atoms with Crippen LogP contribution in [-0.2, 0) is 4.79 Å². The van der Waals surface area contributed by atoms with Crippen LogP contribution in [0.1, 0.15) is 25.0 Å². The number of carboxylic acid groups (broad SMARTS) is 1. The van der Waals surface area contributed by atoms with Crippen molar-refractivity contribution >= 4 is 17.7 Å². The number of nitrogens with zero attached hydrogens (tertiary/aromatic N) is 2. The molecule has 0 radical (unpaired) electrons. The zero-order valence-corrected chi connectivity index (χ0v) is 13.8. The summed E-state index contributed by atoms with van der Waals surface area (Å²) < 4.78 is 4.12. The molecule has 0 aliphatic heterocycles. The van der Waals surface area contributed by atoms with Crippen LogP contribution in [0.4, 0.5) is 0 Å². The van der Waals surface area contributed by atoms with E-state index in [9.17, 15) is 9.90 Å². The molecule has 118 valence electrons. The van der Waals surface area contributed by atoms with Gasteiger partial charge in [-0.1, -0.05) is 11.8 Å². The zero-order chi connectivity index (χ0) is 16.9. The molecule has 2 rings (SSSR count). The molecular formula is C17H16N2O3S. The lowest BCUT2D eigenvalue weighted by atomic mass is 10.2. The third-order valence-corrected chi connectivity index (χ3v) is 4.21. The van der Waals surface area contributed by atoms with Crippen molar-refractivity contribution in [2.45, 2.75) is 23.5 Å². The molecule has 2 aromatic rings. The molecule has 0 spiro atoms. The molecule has 0 bridgehead atoms. The number of thioether (sulfide) groups is 1. The summed E-state index contributed by atoms with van der Waals surface area (Å²) in [4.78, 5) is 20.2. The Morgan fingerprint density at radius 1 is 1.30 bits per heavy atom. The van der Waals surface area contributed by atoms with Gasteiger partial charge in [-0.3, -0.25) is 9.78 Å². The van der Waals surface area contributed by atoms with Gasteiger partial charge in [-0.25, -0.2) is 4.98 Å². The molecule has 5 nitrogen and oxygen atoms in total. The van der Waals surface area contributed by atoms with E-state index in [4.69, 9.17) is 4.74 Å². The van der Waals surface area contributed by atoms with E-state index in [0.717, 1.165) is 10.5 Å². The van der Waals surface area contributed by atoms with Crippen LogP contribution in [0, 0.1) is 11.8 Å². The molecule has 0 atom stereocenters. The van der Waals surface area contributed by atoms with Crippen molar-refractivity contribution in [3.05, 3.63) is 47.9 Å². The van der Waals surface area contributed by atoms with Crippen LogP contribution in [0.15, 0.2) is 41.7 Å². The number of carboxylic acids is 1. The summed E-state index contributed by atoms with van der Waals surface area (Å²) in [5, 5.41) is 9.27. The van der Waals surface area contributed by atoms with Gasteiger partial charge in [0.25, 0.3) is 0 Å². The Kier molecular flexibility index (Phi) is 5.24. The molecule has 0 fully saturated rings. The molecule has 2 heterocycles. The Labute approximate surface area is 139 Å². The number of carbonyl (C=O) groups is 1. The SMILES string of the molecule is COc1cc(C#Cc2cnccc2SC(C)(C)C(=O)O)ccn1. The first-order valence-corrected chi connectivity index (χ1v) is 7.62. The van der Waals surface area contributed by atoms with E-state index in [2.05, 4.69) is 21.8 Å². The summed E-state index contributed by atoms with van der Waals surface area (Å²) in [6.45, 7) is 3.32. The van der Waals surface area contributed by atoms with Crippen molar-refractivity contribution in [3.63, 3.8) is 0 Å². The van der Waals surface area contributed by atoms with Gasteiger partial charge >= 0.3 is 5.97 Å². The molecule has 0 saturated heterocycles. The number of methoxy groups -OCH3 is 1. The van der Waals surface area contributed by atoms with Crippen molar-refractivity contribution < 1.29 is 14.6 Å². The fourth-order valence-corrected chi connectivity index (χ4v) is 2.60. The lowest BCUT2D eigenvalue weighted by Gasteiger charge is -2.18. The first kappa shape index (κ1) is 16.8. The summed E-state index contributed by atoms with van der Waals surface area (Å²) >= 11 is 1.24. The quantitative estimate of drug-likeness (QED) is 0.687. The van der Waals surface area contributed by atoms with E-state index in [1.165, 1.54) is 11.8 Å². The molecule has 0 aromatic carbocycles. The van der Waals surface area contributed by atoms with Gasteiger partial charge in [0.1, 0.15) is 4.75 Å². The van der Waals surface area contributed by atoms with Gasteiger partial charge in [0, 0.05) is 35.1 Å². The second-order valence-electron chi connectivity index (χ2n) is 5.13. The Balaban J connectivity index is 2.31. The van der Waals surface area contributed by atoms with E-state index >= 15 is 0 Å². The number of ether oxygens (including phenoxy) is 1. The number of aliphatic carboxylic acids is 1. The second kappa shape index (κ2) is 7.16. The van der Waals surface area contributed by atoms with Crippen LogP contribution in [0.3, 0.4) is 0 Å². The highest BCUT2D eigenvalue weighted by Crippen LogP contribution is 2.34. The van der Waals surface area contributed by atoms with Gasteiger partial charge in [-0.15, -0.1) is 11.8 Å². The zero-order valence-electron chi connectivity index (χ0n) is 13.0. The lowest BCUT2D eigenvalue weighted by molar-refractivity contribution is -0.138. The molecule has 0 amide bonds. The van der Waals surface area contributed by atoms with E-state index in [0.29, 0.717) is 11.4 Å². The second-order valence-corrected chi connectivity index (χ2v) is 6.79. The number of hydrogen-bond acceptors (Lipinski definition) is 5. The maximum absolute atomic E-state index is 11.3. The van der Waals surface area contributed by atoms with Gasteiger partial charge in [0.05, 0.1) is 12.7 Å². The minimum Gasteiger partial charge on any atom is -0.481 e. The molecule has 0 aliphatic rings. The summed E-state index contributed by atoms with van der Waals surface area (Å²) in [7, 11) is 1.55. The Hall–Kier alpha value is -2.52. The van der Waals surface area contributed by atoms with Crippen LogP contribution >= 0.6 is 11.8 Å². The van der Waals surface area contributed by atoms with E-state index < -0.39 is 10.7 Å². The van der Waals surface area contributed by atoms with E-state index in [1.807, 2.05) is 0 Å². The van der Waals surface area contributed by atoms with Crippen molar-refractivity contribution in [2.24, 2.45) is 0 Å². The average molecular weight is 328 g/mol. The third-order valence-electron chi connectivity index (χ3n) is 2.95. The molecular weight excluding hydrogens is 312 g/mol. The van der Waals surface area contributed by atoms with E-state index in [-0.39, 0.29) is 0 Å². The summed E-state index contributed by atoms with van der Waals surface area (Å²) in [5.41, 5.74) is 1.44. The number of aromatic nitrogens is 2. The Morgan fingerprint density at radius 2 is 2.09 bits per heavy atom. The smallest absolute Gasteiger partial charge is 0.319 e. The number of hydrogen-bond donors (Lipinski definition) is 1. The van der Waals surface area contributed by atoms with Crippen molar-refractivity contribution in [1.29, 1.82) is 0 Å². The molecule has 23 heavy (non-hydrogen) atoms. The third kappa shape index (κ3) is 4.47. The molecule has 0 saturated carbocycles. The van der Waals surface area contributed by atoms with Gasteiger partial charge in [0.15, 0.2) is 0 Å². The number of rotatable bonds is 4. The van der Waals surface area contributed by atoms with Crippen molar-refractivity contribution in [1.82, 2.24) is 9.97 Å². The fraction of sp³-hybridized carbons (Fsp3) is 0.235. The molecule has 2 aromatic heterocycles. The van der Waals surface area contributed by atoms with Crippen LogP contribution in [0.25, 0.3) is 0 Å². The van der Waals surface area contributed by atoms with Crippen molar-refractivity contribution in [2.75, 3.05) is 7.11 Å². The largest absolute Gasteiger partial charge is 0.481 e. The van der Waals surface area contributed by atoms with Gasteiger partial charge < -0.3 is 9.84 Å². The van der Waals surface area contributed by atoms with Gasteiger partial charge in [-0.2, -0.15) is 0 Å². The van der Waals surface area contributed by atoms with Crippen LogP contribution in [-0.4, -0.2) is 32.9 Å². The minimum absolute atomic E-state index is 0.490. The molecule has 1 N–H and O–H groups in total. The lowest BCUT2D eigenvalue weighted by Crippen LogP contribution is -2.27. The van der Waals surface area contributed by atoms with Crippen LogP contribution < -0.4 is 4.74 Å². The highest BCUT2D eigenvalue weighted by molar-refractivity contribution is 8.01. The van der Waals surface area contributed by atoms with Crippen LogP contribution in [0.2, 0.25) is 0 Å². The first-order valence-electron chi connectivity index (χ1n) is 6.81. The maximum atomic E-state index is 11.3. The summed E-state index contributed by atoms with van der Waals surface area (Å²) in [6, 6.07) is 5.28. The molecule has 0 unspecified atom stereocenters. The van der Waals surface area contributed by atoms with E-state index in [1.54, 1.807) is 57.7 Å². The Morgan fingerprint density at radius 3 is 2.78 bits per heavy atom. The predicted octanol–water partition coefficient (Wildman–Crippen LogP) is 2.84. The highest BCUT2D eigenvalue weighted by Gasteiger charge is 2.29. The topological polar surface area (TPSA) is 72.3 Å². The van der Waals surface area contributed by atoms with Gasteiger partial charge in [-0.05, 0) is 26.0 Å². The normalized spacial score (nSPS) is 10.6. The maximum Gasteiger partial charge on any atom is 0.319 e. The molecule has 0 aliphatic carbocycles. The standard InChI is InChI=1S/C17H16N2O3S/c1-17(2,16(20)21)23-14-7-8-18-11-13(14)5-4-12-6-9-19-15(10-12)22-3/h6-11H,1-3H3,(H,20,21). The fourth-order valence-electron chi connectivity index (χ4n) is 1.62. The number of pyridine rings is 2. The van der Waals surface area contributed by atoms with Gasteiger partial charge in [0.2, 0.25) is 5.88 Å². The molecule has 6 heteroatoms. The highest BCUT2D eigenvalue weighted by atomic mass is 32.2. The average Bonchev–Trinajstić information content (AvgIpc) is 2.54. The summed E-state index contributed by atoms with van der Waals surface area (Å²) in [5.74, 6) is 5.67.